The number of hydrogen-bond acceptors (Lipinski definition) is 8. The highest BCUT2D eigenvalue weighted by molar-refractivity contribution is 6.04. The third kappa shape index (κ3) is 5.09. The number of aryl methyl sites for hydroxylation is 1. The van der Waals surface area contributed by atoms with Crippen LogP contribution in [0.2, 0.25) is 0 Å². The van der Waals surface area contributed by atoms with Crippen molar-refractivity contribution in [3.05, 3.63) is 71.7 Å². The standard InChI is InChI=1S/C28H27FN8O/c1-17-7-8-21(34-26(38)18-5-4-6-19(11-18)28(2,3)15-30)12-22(17)35-25-24-23(32-16-33-25)13-31-27(36-24)37-10-9-20(29)14-37/h4-8,11-13,16,20H,9-10,14H2,1-3H3,(H,34,38)(H,32,33,35)/t20-/m0/s1. The van der Waals surface area contributed by atoms with Crippen molar-refractivity contribution >= 4 is 40.1 Å². The number of alkyl halides is 1. The lowest BCUT2D eigenvalue weighted by Crippen LogP contribution is -2.22. The highest BCUT2D eigenvalue weighted by Crippen LogP contribution is 2.29. The van der Waals surface area contributed by atoms with Crippen LogP contribution < -0.4 is 15.5 Å². The van der Waals surface area contributed by atoms with E-state index < -0.39 is 11.6 Å². The van der Waals surface area contributed by atoms with Gasteiger partial charge in [-0.05, 0) is 62.6 Å². The number of amides is 1. The quantitative estimate of drug-likeness (QED) is 0.369. The summed E-state index contributed by atoms with van der Waals surface area (Å²) in [7, 11) is 0. The predicted molar refractivity (Wildman–Crippen MR) is 144 cm³/mol. The van der Waals surface area contributed by atoms with Gasteiger partial charge in [0.2, 0.25) is 5.95 Å². The number of anilines is 4. The molecule has 0 saturated carbocycles. The van der Waals surface area contributed by atoms with Crippen LogP contribution in [0.25, 0.3) is 11.0 Å². The molecule has 5 rings (SSSR count). The molecule has 0 spiro atoms. The summed E-state index contributed by atoms with van der Waals surface area (Å²) in [4.78, 5) is 32.5. The van der Waals surface area contributed by atoms with E-state index in [2.05, 4.69) is 36.6 Å². The first-order chi connectivity index (χ1) is 18.2. The average Bonchev–Trinajstić information content (AvgIpc) is 3.36. The molecule has 1 aliphatic rings. The second-order valence-electron chi connectivity index (χ2n) is 9.88. The van der Waals surface area contributed by atoms with E-state index in [0.29, 0.717) is 47.0 Å². The largest absolute Gasteiger partial charge is 0.338 e. The minimum Gasteiger partial charge on any atom is -0.338 e. The van der Waals surface area contributed by atoms with Crippen LogP contribution in [0.5, 0.6) is 0 Å². The van der Waals surface area contributed by atoms with Crippen molar-refractivity contribution < 1.29 is 9.18 Å². The molecule has 1 atom stereocenters. The van der Waals surface area contributed by atoms with E-state index >= 15 is 0 Å². The lowest BCUT2D eigenvalue weighted by molar-refractivity contribution is 0.102. The van der Waals surface area contributed by atoms with E-state index in [-0.39, 0.29) is 12.5 Å². The smallest absolute Gasteiger partial charge is 0.255 e. The number of halogens is 1. The van der Waals surface area contributed by atoms with Gasteiger partial charge in [-0.25, -0.2) is 24.3 Å². The molecule has 2 N–H and O–H groups in total. The molecule has 10 heteroatoms. The summed E-state index contributed by atoms with van der Waals surface area (Å²) >= 11 is 0. The molecule has 2 aromatic heterocycles. The number of nitrogens with zero attached hydrogens (tertiary/aromatic N) is 6. The van der Waals surface area contributed by atoms with Crippen LogP contribution in [-0.4, -0.2) is 45.1 Å². The Labute approximate surface area is 219 Å². The van der Waals surface area contributed by atoms with Gasteiger partial charge in [-0.1, -0.05) is 18.2 Å². The third-order valence-corrected chi connectivity index (χ3v) is 6.65. The normalized spacial score (nSPS) is 15.3. The van der Waals surface area contributed by atoms with E-state index in [1.807, 2.05) is 49.9 Å². The van der Waals surface area contributed by atoms with Gasteiger partial charge in [0, 0.05) is 23.5 Å². The van der Waals surface area contributed by atoms with E-state index in [1.165, 1.54) is 6.33 Å². The number of hydrogen-bond donors (Lipinski definition) is 2. The number of nitrogens with one attached hydrogen (secondary N) is 2. The second kappa shape index (κ2) is 10.0. The van der Waals surface area contributed by atoms with Gasteiger partial charge in [-0.3, -0.25) is 4.79 Å². The van der Waals surface area contributed by atoms with Crippen molar-refractivity contribution in [3.63, 3.8) is 0 Å². The van der Waals surface area contributed by atoms with Gasteiger partial charge in [0.25, 0.3) is 5.91 Å². The first-order valence-corrected chi connectivity index (χ1v) is 12.3. The summed E-state index contributed by atoms with van der Waals surface area (Å²) in [5.74, 6) is 0.639. The zero-order valence-corrected chi connectivity index (χ0v) is 21.4. The fraction of sp³-hybridized carbons (Fsp3) is 0.286. The number of benzene rings is 2. The summed E-state index contributed by atoms with van der Waals surface area (Å²) in [6, 6.07) is 14.9. The van der Waals surface area contributed by atoms with Gasteiger partial charge in [0.1, 0.15) is 23.5 Å². The van der Waals surface area contributed by atoms with Crippen molar-refractivity contribution in [1.29, 1.82) is 5.26 Å². The zero-order valence-electron chi connectivity index (χ0n) is 21.4. The Kier molecular flexibility index (Phi) is 6.59. The SMILES string of the molecule is Cc1ccc(NC(=O)c2cccc(C(C)(C)C#N)c2)cc1Nc1ncnc2cnc(N3CC[C@H](F)C3)nc12. The van der Waals surface area contributed by atoms with E-state index in [1.54, 1.807) is 24.4 Å². The highest BCUT2D eigenvalue weighted by Gasteiger charge is 2.24. The molecule has 1 amide bonds. The maximum Gasteiger partial charge on any atom is 0.255 e. The van der Waals surface area contributed by atoms with Crippen molar-refractivity contribution in [2.75, 3.05) is 28.6 Å². The molecule has 0 aliphatic carbocycles. The number of rotatable bonds is 6. The van der Waals surface area contributed by atoms with E-state index in [4.69, 9.17) is 0 Å². The minimum absolute atomic E-state index is 0.264. The van der Waals surface area contributed by atoms with Gasteiger partial charge < -0.3 is 15.5 Å². The number of carbonyl (C=O) groups excluding carboxylic acids is 1. The molecular formula is C28H27FN8O. The summed E-state index contributed by atoms with van der Waals surface area (Å²) in [5, 5.41) is 15.7. The van der Waals surface area contributed by atoms with Crippen LogP contribution >= 0.6 is 0 Å². The Bertz CT molecular complexity index is 1560. The molecule has 38 heavy (non-hydrogen) atoms. The third-order valence-electron chi connectivity index (χ3n) is 6.65. The van der Waals surface area contributed by atoms with Gasteiger partial charge in [0.05, 0.1) is 24.2 Å². The lowest BCUT2D eigenvalue weighted by Gasteiger charge is -2.17. The fourth-order valence-electron chi connectivity index (χ4n) is 4.27. The summed E-state index contributed by atoms with van der Waals surface area (Å²) in [5.41, 5.74) is 3.86. The number of fused-ring (bicyclic) bond motifs is 1. The van der Waals surface area contributed by atoms with Crippen LogP contribution in [-0.2, 0) is 5.41 Å². The topological polar surface area (TPSA) is 120 Å². The van der Waals surface area contributed by atoms with Crippen LogP contribution in [0.1, 0.15) is 41.8 Å². The molecule has 2 aromatic carbocycles. The van der Waals surface area contributed by atoms with Crippen molar-refractivity contribution in [2.45, 2.75) is 38.8 Å². The number of carbonyl (C=O) groups is 1. The summed E-state index contributed by atoms with van der Waals surface area (Å²) in [6.45, 7) is 6.39. The average molecular weight is 511 g/mol. The molecule has 1 fully saturated rings. The van der Waals surface area contributed by atoms with Gasteiger partial charge in [-0.2, -0.15) is 5.26 Å². The lowest BCUT2D eigenvalue weighted by atomic mass is 9.85. The first kappa shape index (κ1) is 25.0. The Morgan fingerprint density at radius 3 is 2.79 bits per heavy atom. The van der Waals surface area contributed by atoms with Crippen LogP contribution in [0.4, 0.5) is 27.5 Å². The maximum atomic E-state index is 13.7. The Hall–Kier alpha value is -4.65. The monoisotopic (exact) mass is 510 g/mol. The Balaban J connectivity index is 1.40. The molecule has 0 unspecified atom stereocenters. The molecule has 192 valence electrons. The Morgan fingerprint density at radius 2 is 2.03 bits per heavy atom. The van der Waals surface area contributed by atoms with Gasteiger partial charge in [0.15, 0.2) is 5.82 Å². The molecule has 1 aliphatic heterocycles. The van der Waals surface area contributed by atoms with Crippen LogP contribution in [0.15, 0.2) is 55.0 Å². The van der Waals surface area contributed by atoms with Gasteiger partial charge >= 0.3 is 0 Å². The molecule has 0 radical (unpaired) electrons. The molecule has 1 saturated heterocycles. The summed E-state index contributed by atoms with van der Waals surface area (Å²) in [6.07, 6.45) is 2.61. The van der Waals surface area contributed by atoms with Crippen LogP contribution in [0.3, 0.4) is 0 Å². The van der Waals surface area contributed by atoms with E-state index in [0.717, 1.165) is 16.8 Å². The molecule has 0 bridgehead atoms. The Morgan fingerprint density at radius 1 is 1.18 bits per heavy atom. The minimum atomic E-state index is -0.889. The summed E-state index contributed by atoms with van der Waals surface area (Å²) < 4.78 is 13.7. The molecule has 4 aromatic rings. The van der Waals surface area contributed by atoms with Crippen molar-refractivity contribution in [3.8, 4) is 6.07 Å². The maximum absolute atomic E-state index is 13.7. The second-order valence-corrected chi connectivity index (χ2v) is 9.88. The van der Waals surface area contributed by atoms with E-state index in [9.17, 15) is 14.4 Å². The van der Waals surface area contributed by atoms with Crippen molar-refractivity contribution in [2.24, 2.45) is 0 Å². The van der Waals surface area contributed by atoms with Crippen LogP contribution in [0, 0.1) is 18.3 Å². The van der Waals surface area contributed by atoms with Gasteiger partial charge in [-0.15, -0.1) is 0 Å². The molecular weight excluding hydrogens is 483 g/mol. The molecule has 3 heterocycles. The number of nitriles is 1. The zero-order chi connectivity index (χ0) is 26.9. The van der Waals surface area contributed by atoms with Crippen molar-refractivity contribution in [1.82, 2.24) is 19.9 Å². The number of aromatic nitrogens is 4. The molecule has 9 nitrogen and oxygen atoms in total. The predicted octanol–water partition coefficient (Wildman–Crippen LogP) is 5.07. The highest BCUT2D eigenvalue weighted by atomic mass is 19.1. The first-order valence-electron chi connectivity index (χ1n) is 12.3. The fourth-order valence-corrected chi connectivity index (χ4v) is 4.27.